The zero-order valence-corrected chi connectivity index (χ0v) is 33.4. The highest BCUT2D eigenvalue weighted by molar-refractivity contribution is 6.32. The molecule has 2 heteroatoms. The molecule has 54 heavy (non-hydrogen) atoms. The minimum absolute atomic E-state index is 0.105. The summed E-state index contributed by atoms with van der Waals surface area (Å²) in [5.74, 6) is 0. The molecule has 264 valence electrons. The minimum atomic E-state index is -0.201. The monoisotopic (exact) mass is 736 g/mol. The van der Waals surface area contributed by atoms with Gasteiger partial charge < -0.3 is 0 Å². The van der Waals surface area contributed by atoms with E-state index in [1.165, 1.54) is 105 Å². The third kappa shape index (κ3) is 3.96. The Balaban J connectivity index is 1.09. The summed E-state index contributed by atoms with van der Waals surface area (Å²) in [6, 6.07) is 43.9. The first kappa shape index (κ1) is 32.8. The van der Waals surface area contributed by atoms with Crippen LogP contribution in [0, 0.1) is 0 Å². The number of benzene rings is 7. The van der Waals surface area contributed by atoms with Crippen LogP contribution in [0.15, 0.2) is 115 Å². The fourth-order valence-corrected chi connectivity index (χ4v) is 12.0. The summed E-state index contributed by atoms with van der Waals surface area (Å²) in [7, 11) is 0. The minimum Gasteiger partial charge on any atom is -0.0843 e. The predicted molar refractivity (Wildman–Crippen MR) is 229 cm³/mol. The first-order valence-electron chi connectivity index (χ1n) is 19.4. The zero-order chi connectivity index (χ0) is 37.3. The van der Waals surface area contributed by atoms with Gasteiger partial charge in [0, 0.05) is 31.7 Å². The molecule has 0 aromatic heterocycles. The Hall–Kier alpha value is -4.62. The predicted octanol–water partition coefficient (Wildman–Crippen LogP) is 14.6. The summed E-state index contributed by atoms with van der Waals surface area (Å²) in [4.78, 5) is 0. The normalized spacial score (nSPS) is 19.4. The smallest absolute Gasteiger partial charge is 0.0453 e. The Labute approximate surface area is 328 Å². The molecule has 0 heterocycles. The molecule has 1 unspecified atom stereocenters. The number of hydrogen-bond acceptors (Lipinski definition) is 0. The average Bonchev–Trinajstić information content (AvgIpc) is 3.71. The zero-order valence-electron chi connectivity index (χ0n) is 31.9. The first-order chi connectivity index (χ1) is 25.7. The first-order valence-corrected chi connectivity index (χ1v) is 20.1. The lowest BCUT2D eigenvalue weighted by Gasteiger charge is -2.29. The van der Waals surface area contributed by atoms with Crippen LogP contribution in [0.2, 0.25) is 10.0 Å². The Kier molecular flexibility index (Phi) is 6.29. The van der Waals surface area contributed by atoms with Crippen molar-refractivity contribution in [3.8, 4) is 44.5 Å². The van der Waals surface area contributed by atoms with Crippen molar-refractivity contribution >= 4 is 34.0 Å². The third-order valence-corrected chi connectivity index (χ3v) is 14.8. The van der Waals surface area contributed by atoms with E-state index in [9.17, 15) is 0 Å². The Bertz CT molecular complexity index is 2860. The van der Waals surface area contributed by atoms with Gasteiger partial charge in [-0.05, 0) is 154 Å². The highest BCUT2D eigenvalue weighted by Gasteiger charge is 2.45. The van der Waals surface area contributed by atoms with E-state index < -0.39 is 0 Å². The van der Waals surface area contributed by atoms with Crippen LogP contribution in [-0.4, -0.2) is 0 Å². The molecule has 0 radical (unpaired) electrons. The summed E-state index contributed by atoms with van der Waals surface area (Å²) >= 11 is 13.5. The molecule has 0 N–H and O–H groups in total. The molecular formula is C52H42Cl2. The summed E-state index contributed by atoms with van der Waals surface area (Å²) in [5.41, 5.74) is 22.4. The van der Waals surface area contributed by atoms with Crippen molar-refractivity contribution in [2.75, 3.05) is 0 Å². The average molecular weight is 738 g/mol. The van der Waals surface area contributed by atoms with Gasteiger partial charge in [-0.2, -0.15) is 0 Å². The van der Waals surface area contributed by atoms with Crippen LogP contribution < -0.4 is 0 Å². The molecule has 4 aliphatic carbocycles. The maximum atomic E-state index is 6.92. The maximum Gasteiger partial charge on any atom is 0.0453 e. The van der Waals surface area contributed by atoms with Crippen molar-refractivity contribution in [3.05, 3.63) is 175 Å². The lowest BCUT2D eigenvalue weighted by Crippen LogP contribution is -2.24. The standard InChI is InChI=1S/C52H42Cl2/c1-49(2)39-20-18-30(53)22-34(39)37-24-44-38(26-42(37)49)47-33-21-28(15-16-29(33)17-19-41(47)50(44,3)4)27-52(7)40-13-9-8-11-31(40)35-23-43-36(25-45(35)52)32-12-10-14-46(54)48(32)51(43,5)6/h8-26H,27H2,1-7H3. The highest BCUT2D eigenvalue weighted by Crippen LogP contribution is 2.60. The fraction of sp³-hybridized carbons (Fsp3) is 0.231. The number of rotatable bonds is 2. The van der Waals surface area contributed by atoms with Crippen molar-refractivity contribution in [3.63, 3.8) is 0 Å². The highest BCUT2D eigenvalue weighted by atomic mass is 35.5. The number of hydrogen-bond donors (Lipinski definition) is 0. The van der Waals surface area contributed by atoms with E-state index in [0.717, 1.165) is 16.5 Å². The van der Waals surface area contributed by atoms with Crippen molar-refractivity contribution in [1.82, 2.24) is 0 Å². The second-order valence-electron chi connectivity index (χ2n) is 18.2. The van der Waals surface area contributed by atoms with Crippen molar-refractivity contribution in [2.24, 2.45) is 0 Å². The van der Waals surface area contributed by atoms with Gasteiger partial charge in [-0.25, -0.2) is 0 Å². The van der Waals surface area contributed by atoms with Gasteiger partial charge in [0.2, 0.25) is 0 Å². The Morgan fingerprint density at radius 3 is 1.83 bits per heavy atom. The van der Waals surface area contributed by atoms with Gasteiger partial charge in [0.25, 0.3) is 0 Å². The second-order valence-corrected chi connectivity index (χ2v) is 19.1. The number of fused-ring (bicyclic) bond motifs is 14. The fourth-order valence-electron chi connectivity index (χ4n) is 11.4. The van der Waals surface area contributed by atoms with Gasteiger partial charge in [0.05, 0.1) is 0 Å². The van der Waals surface area contributed by atoms with Gasteiger partial charge in [0.1, 0.15) is 0 Å². The molecule has 0 aliphatic heterocycles. The molecule has 1 atom stereocenters. The van der Waals surface area contributed by atoms with Crippen LogP contribution >= 0.6 is 23.2 Å². The van der Waals surface area contributed by atoms with Crippen LogP contribution in [-0.2, 0) is 28.1 Å². The van der Waals surface area contributed by atoms with Crippen molar-refractivity contribution in [1.29, 1.82) is 0 Å². The van der Waals surface area contributed by atoms with Crippen molar-refractivity contribution < 1.29 is 0 Å². The molecule has 0 saturated heterocycles. The lowest BCUT2D eigenvalue weighted by molar-refractivity contribution is 0.583. The molecule has 7 aromatic rings. The van der Waals surface area contributed by atoms with E-state index in [1.807, 2.05) is 12.1 Å². The second kappa shape index (κ2) is 10.4. The van der Waals surface area contributed by atoms with Gasteiger partial charge in [0.15, 0.2) is 0 Å². The van der Waals surface area contributed by atoms with Gasteiger partial charge in [-0.1, -0.05) is 144 Å². The van der Waals surface area contributed by atoms with E-state index >= 15 is 0 Å². The summed E-state index contributed by atoms with van der Waals surface area (Å²) in [6.45, 7) is 16.6. The van der Waals surface area contributed by atoms with E-state index in [0.29, 0.717) is 0 Å². The summed E-state index contributed by atoms with van der Waals surface area (Å²) in [5, 5.41) is 4.29. The van der Waals surface area contributed by atoms with Crippen LogP contribution in [0.4, 0.5) is 0 Å². The molecule has 0 nitrogen and oxygen atoms in total. The lowest BCUT2D eigenvalue weighted by atomic mass is 9.74. The third-order valence-electron chi connectivity index (χ3n) is 14.2. The molecule has 11 rings (SSSR count). The van der Waals surface area contributed by atoms with Crippen LogP contribution in [0.3, 0.4) is 0 Å². The molecule has 0 fully saturated rings. The Morgan fingerprint density at radius 1 is 0.426 bits per heavy atom. The summed E-state index contributed by atoms with van der Waals surface area (Å²) < 4.78 is 0. The van der Waals surface area contributed by atoms with Crippen LogP contribution in [0.5, 0.6) is 0 Å². The van der Waals surface area contributed by atoms with E-state index in [1.54, 1.807) is 0 Å². The summed E-state index contributed by atoms with van der Waals surface area (Å²) in [6.07, 6.45) is 0.907. The van der Waals surface area contributed by atoms with Crippen LogP contribution in [0.25, 0.3) is 55.3 Å². The van der Waals surface area contributed by atoms with Crippen molar-refractivity contribution in [2.45, 2.75) is 76.5 Å². The van der Waals surface area contributed by atoms with Gasteiger partial charge in [-0.3, -0.25) is 0 Å². The molecule has 0 saturated carbocycles. The molecule has 4 aliphatic rings. The largest absolute Gasteiger partial charge is 0.0843 e. The topological polar surface area (TPSA) is 0 Å². The van der Waals surface area contributed by atoms with E-state index in [2.05, 4.69) is 152 Å². The molecular weight excluding hydrogens is 695 g/mol. The van der Waals surface area contributed by atoms with E-state index in [4.69, 9.17) is 23.2 Å². The molecule has 7 aromatic carbocycles. The number of halogens is 2. The molecule has 0 bridgehead atoms. The molecule has 0 amide bonds. The quantitative estimate of drug-likeness (QED) is 0.166. The maximum absolute atomic E-state index is 6.92. The molecule has 0 spiro atoms. The van der Waals surface area contributed by atoms with Gasteiger partial charge >= 0.3 is 0 Å². The Morgan fingerprint density at radius 2 is 1.02 bits per heavy atom. The van der Waals surface area contributed by atoms with Crippen LogP contribution in [0.1, 0.15) is 98.5 Å². The SMILES string of the molecule is CC1(C)c2ccc(Cl)cc2-c2cc3c(cc21)-c1c(ccc2ccc(CC4(C)c5ccccc5-c5cc6c(cc54)-c4cccc(Cl)c4C6(C)C)cc12)C3(C)C. The van der Waals surface area contributed by atoms with Gasteiger partial charge in [-0.15, -0.1) is 0 Å². The van der Waals surface area contributed by atoms with E-state index in [-0.39, 0.29) is 21.7 Å².